The molecule has 0 spiro atoms. The Bertz CT molecular complexity index is 295. The van der Waals surface area contributed by atoms with Gasteiger partial charge in [0.15, 0.2) is 0 Å². The van der Waals surface area contributed by atoms with E-state index in [1.165, 1.54) is 0 Å². The van der Waals surface area contributed by atoms with E-state index in [2.05, 4.69) is 11.6 Å². The molecule has 0 aromatic carbocycles. The molecule has 1 heterocycles. The van der Waals surface area contributed by atoms with Crippen LogP contribution < -0.4 is 0 Å². The molecule has 1 atom stereocenters. The summed E-state index contributed by atoms with van der Waals surface area (Å²) in [6, 6.07) is 0. The molecule has 3 heteroatoms. The first-order chi connectivity index (χ1) is 6.09. The van der Waals surface area contributed by atoms with Crippen LogP contribution >= 0.6 is 11.3 Å². The lowest BCUT2D eigenvalue weighted by Gasteiger charge is -2.20. The van der Waals surface area contributed by atoms with Gasteiger partial charge in [0.1, 0.15) is 0 Å². The number of rotatable bonds is 4. The van der Waals surface area contributed by atoms with Crippen molar-refractivity contribution in [3.63, 3.8) is 0 Å². The summed E-state index contributed by atoms with van der Waals surface area (Å²) in [4.78, 5) is 4.35. The van der Waals surface area contributed by atoms with E-state index in [1.54, 1.807) is 17.4 Å². The number of aryl methyl sites for hydroxylation is 1. The van der Waals surface area contributed by atoms with Gasteiger partial charge in [-0.2, -0.15) is 0 Å². The minimum absolute atomic E-state index is 0.120. The van der Waals surface area contributed by atoms with Crippen molar-refractivity contribution in [1.82, 2.24) is 4.98 Å². The highest BCUT2D eigenvalue weighted by molar-refractivity contribution is 7.09. The van der Waals surface area contributed by atoms with E-state index in [9.17, 15) is 0 Å². The molecule has 1 aromatic rings. The van der Waals surface area contributed by atoms with E-state index < -0.39 is 0 Å². The first kappa shape index (κ1) is 10.4. The van der Waals surface area contributed by atoms with Crippen LogP contribution in [0.5, 0.6) is 0 Å². The molecule has 72 valence electrons. The third kappa shape index (κ3) is 2.64. The maximum Gasteiger partial charge on any atom is 0.0937 e. The van der Waals surface area contributed by atoms with E-state index in [-0.39, 0.29) is 12.0 Å². The lowest BCUT2D eigenvalue weighted by molar-refractivity contribution is 0.184. The van der Waals surface area contributed by atoms with Gasteiger partial charge in [0.2, 0.25) is 0 Å². The molecule has 0 saturated heterocycles. The highest BCUT2D eigenvalue weighted by Gasteiger charge is 2.20. The van der Waals surface area contributed by atoms with Crippen LogP contribution in [0.4, 0.5) is 0 Å². The van der Waals surface area contributed by atoms with Crippen LogP contribution in [0.25, 0.3) is 0 Å². The molecule has 0 radical (unpaired) electrons. The van der Waals surface area contributed by atoms with Crippen molar-refractivity contribution in [3.05, 3.63) is 28.7 Å². The van der Waals surface area contributed by atoms with E-state index in [0.717, 1.165) is 17.1 Å². The van der Waals surface area contributed by atoms with Crippen LogP contribution in [-0.2, 0) is 6.42 Å². The topological polar surface area (TPSA) is 33.1 Å². The highest BCUT2D eigenvalue weighted by atomic mass is 32.1. The maximum atomic E-state index is 9.16. The SMILES string of the molecule is C=CC(C)(CO)Cc1nc(C)cs1. The molecule has 0 saturated carbocycles. The summed E-state index contributed by atoms with van der Waals surface area (Å²) >= 11 is 1.64. The first-order valence-electron chi connectivity index (χ1n) is 4.25. The van der Waals surface area contributed by atoms with Crippen molar-refractivity contribution >= 4 is 11.3 Å². The van der Waals surface area contributed by atoms with Gasteiger partial charge < -0.3 is 5.11 Å². The predicted molar refractivity (Wildman–Crippen MR) is 55.9 cm³/mol. The van der Waals surface area contributed by atoms with Crippen molar-refractivity contribution in [2.45, 2.75) is 20.3 Å². The zero-order chi connectivity index (χ0) is 9.90. The quantitative estimate of drug-likeness (QED) is 0.750. The van der Waals surface area contributed by atoms with Crippen LogP contribution in [0.15, 0.2) is 18.0 Å². The Kier molecular flexibility index (Phi) is 3.22. The average Bonchev–Trinajstić information content (AvgIpc) is 2.51. The molecule has 13 heavy (non-hydrogen) atoms. The number of aliphatic hydroxyl groups excluding tert-OH is 1. The van der Waals surface area contributed by atoms with Gasteiger partial charge in [-0.05, 0) is 6.92 Å². The standard InChI is InChI=1S/C10H15NOS/c1-4-10(3,7-12)5-9-11-8(2)6-13-9/h4,6,12H,1,5,7H2,2-3H3. The van der Waals surface area contributed by atoms with Crippen molar-refractivity contribution < 1.29 is 5.11 Å². The van der Waals surface area contributed by atoms with Crippen molar-refractivity contribution in [2.75, 3.05) is 6.61 Å². The second-order valence-corrected chi connectivity index (χ2v) is 4.52. The van der Waals surface area contributed by atoms with Crippen molar-refractivity contribution in [1.29, 1.82) is 0 Å². The summed E-state index contributed by atoms with van der Waals surface area (Å²) in [5, 5.41) is 12.2. The van der Waals surface area contributed by atoms with E-state index in [0.29, 0.717) is 0 Å². The summed E-state index contributed by atoms with van der Waals surface area (Å²) < 4.78 is 0. The molecule has 0 aliphatic rings. The fourth-order valence-electron chi connectivity index (χ4n) is 1.02. The van der Waals surface area contributed by atoms with Crippen LogP contribution in [0.2, 0.25) is 0 Å². The first-order valence-corrected chi connectivity index (χ1v) is 5.13. The highest BCUT2D eigenvalue weighted by Crippen LogP contribution is 2.24. The van der Waals surface area contributed by atoms with Crippen LogP contribution in [-0.4, -0.2) is 16.7 Å². The van der Waals surface area contributed by atoms with Gasteiger partial charge in [-0.3, -0.25) is 0 Å². The van der Waals surface area contributed by atoms with Gasteiger partial charge in [0.25, 0.3) is 0 Å². The summed E-state index contributed by atoms with van der Waals surface area (Å²) in [6.07, 6.45) is 2.56. The number of thiazole rings is 1. The molecule has 0 aliphatic heterocycles. The molecule has 0 bridgehead atoms. The molecule has 1 unspecified atom stereocenters. The van der Waals surface area contributed by atoms with Crippen molar-refractivity contribution in [2.24, 2.45) is 5.41 Å². The Balaban J connectivity index is 2.72. The lowest BCUT2D eigenvalue weighted by atomic mass is 9.88. The smallest absolute Gasteiger partial charge is 0.0937 e. The van der Waals surface area contributed by atoms with Gasteiger partial charge in [-0.25, -0.2) is 4.98 Å². The predicted octanol–water partition coefficient (Wildman–Crippen LogP) is 2.18. The second kappa shape index (κ2) is 4.03. The maximum absolute atomic E-state index is 9.16. The zero-order valence-corrected chi connectivity index (χ0v) is 8.90. The fourth-order valence-corrected chi connectivity index (χ4v) is 1.99. The minimum atomic E-state index is -0.232. The average molecular weight is 197 g/mol. The van der Waals surface area contributed by atoms with E-state index >= 15 is 0 Å². The molecular formula is C10H15NOS. The Morgan fingerprint density at radius 2 is 2.46 bits per heavy atom. The molecule has 0 amide bonds. The number of hydrogen-bond donors (Lipinski definition) is 1. The van der Waals surface area contributed by atoms with Gasteiger partial charge in [-0.15, -0.1) is 17.9 Å². The third-order valence-electron chi connectivity index (χ3n) is 2.08. The number of aliphatic hydroxyl groups is 1. The number of aromatic nitrogens is 1. The van der Waals surface area contributed by atoms with Gasteiger partial charge in [0, 0.05) is 22.9 Å². The van der Waals surface area contributed by atoms with Gasteiger partial charge >= 0.3 is 0 Å². The van der Waals surface area contributed by atoms with E-state index in [1.807, 2.05) is 19.2 Å². The minimum Gasteiger partial charge on any atom is -0.395 e. The Labute approximate surface area is 83.0 Å². The zero-order valence-electron chi connectivity index (χ0n) is 8.08. The van der Waals surface area contributed by atoms with Crippen molar-refractivity contribution in [3.8, 4) is 0 Å². The van der Waals surface area contributed by atoms with Gasteiger partial charge in [-0.1, -0.05) is 13.0 Å². The van der Waals surface area contributed by atoms with Gasteiger partial charge in [0.05, 0.1) is 11.6 Å². The van der Waals surface area contributed by atoms with E-state index in [4.69, 9.17) is 5.11 Å². The molecular weight excluding hydrogens is 182 g/mol. The number of hydrogen-bond acceptors (Lipinski definition) is 3. The fraction of sp³-hybridized carbons (Fsp3) is 0.500. The Morgan fingerprint density at radius 1 is 1.77 bits per heavy atom. The Morgan fingerprint density at radius 3 is 2.85 bits per heavy atom. The Hall–Kier alpha value is -0.670. The molecule has 1 N–H and O–H groups in total. The third-order valence-corrected chi connectivity index (χ3v) is 3.04. The molecule has 2 nitrogen and oxygen atoms in total. The van der Waals surface area contributed by atoms with Crippen LogP contribution in [0, 0.1) is 12.3 Å². The lowest BCUT2D eigenvalue weighted by Crippen LogP contribution is -2.21. The normalized spacial score (nSPS) is 15.3. The largest absolute Gasteiger partial charge is 0.395 e. The second-order valence-electron chi connectivity index (χ2n) is 3.58. The summed E-state index contributed by atoms with van der Waals surface area (Å²) in [6.45, 7) is 7.80. The molecule has 1 rings (SSSR count). The van der Waals surface area contributed by atoms with Crippen LogP contribution in [0.1, 0.15) is 17.6 Å². The molecule has 0 aliphatic carbocycles. The molecule has 0 fully saturated rings. The monoisotopic (exact) mass is 197 g/mol. The van der Waals surface area contributed by atoms with Crippen LogP contribution in [0.3, 0.4) is 0 Å². The summed E-state index contributed by atoms with van der Waals surface area (Å²) in [7, 11) is 0. The molecule has 1 aromatic heterocycles. The number of nitrogens with zero attached hydrogens (tertiary/aromatic N) is 1. The summed E-state index contributed by atoms with van der Waals surface area (Å²) in [5.41, 5.74) is 0.814. The summed E-state index contributed by atoms with van der Waals surface area (Å²) in [5.74, 6) is 0.